The van der Waals surface area contributed by atoms with Gasteiger partial charge in [-0.15, -0.1) is 0 Å². The van der Waals surface area contributed by atoms with Crippen LogP contribution in [0.15, 0.2) is 72.9 Å². The molecule has 1 aliphatic heterocycles. The lowest BCUT2D eigenvalue weighted by atomic mass is 9.98. The summed E-state index contributed by atoms with van der Waals surface area (Å²) in [5.74, 6) is 1.70. The van der Waals surface area contributed by atoms with Crippen molar-refractivity contribution < 1.29 is 4.79 Å². The van der Waals surface area contributed by atoms with E-state index in [-0.39, 0.29) is 0 Å². The summed E-state index contributed by atoms with van der Waals surface area (Å²) in [7, 11) is 8.11. The number of hydrogen-bond acceptors (Lipinski definition) is 5. The number of likely N-dealkylation sites (tertiary alicyclic amines) is 1. The number of piperidine rings is 1. The van der Waals surface area contributed by atoms with Crippen molar-refractivity contribution in [3.8, 4) is 11.3 Å². The number of hydrogen-bond donors (Lipinski definition) is 2. The number of amides is 1. The molecule has 1 saturated heterocycles. The van der Waals surface area contributed by atoms with Crippen molar-refractivity contribution in [2.45, 2.75) is 18.8 Å². The average molecular weight is 485 g/mol. The molecule has 1 fully saturated rings. The summed E-state index contributed by atoms with van der Waals surface area (Å²) in [5.41, 5.74) is 6.48. The maximum Gasteiger partial charge on any atom is 0.211 e. The molecular formula is C29H36N6O. The maximum atomic E-state index is 10.1. The second-order valence-electron chi connectivity index (χ2n) is 9.41. The minimum Gasteiger partial charge on any atom is -0.388 e. The molecule has 1 amide bonds. The van der Waals surface area contributed by atoms with Crippen molar-refractivity contribution in [3.63, 3.8) is 0 Å². The Labute approximate surface area is 213 Å². The monoisotopic (exact) mass is 484 g/mol. The Kier molecular flexibility index (Phi) is 8.23. The smallest absolute Gasteiger partial charge is 0.211 e. The van der Waals surface area contributed by atoms with Crippen LogP contribution >= 0.6 is 0 Å². The number of anilines is 3. The number of likely N-dealkylation sites (N-methyl/N-ethyl adjacent to an activating group) is 1. The van der Waals surface area contributed by atoms with E-state index in [1.165, 1.54) is 36.3 Å². The van der Waals surface area contributed by atoms with Gasteiger partial charge in [-0.05, 0) is 75.0 Å². The quantitative estimate of drug-likeness (QED) is 0.370. The Hall–Kier alpha value is -3.84. The number of aromatic nitrogens is 2. The van der Waals surface area contributed by atoms with E-state index >= 15 is 0 Å². The maximum absolute atomic E-state index is 10.1. The number of fused-ring (bicyclic) bond motifs is 1. The zero-order valence-corrected chi connectivity index (χ0v) is 21.6. The Morgan fingerprint density at radius 1 is 1.03 bits per heavy atom. The summed E-state index contributed by atoms with van der Waals surface area (Å²) in [6, 6.07) is 22.5. The molecule has 0 spiro atoms. The SMILES string of the molecule is CN(C)c1ccc(NC=O)cc1.CNc1cccc(-c2nc(C3CCCN(C)C3)n3ccccc23)c1. The fourth-order valence-electron chi connectivity index (χ4n) is 4.68. The Morgan fingerprint density at radius 2 is 1.83 bits per heavy atom. The molecule has 0 radical (unpaired) electrons. The third-order valence-corrected chi connectivity index (χ3v) is 6.60. The van der Waals surface area contributed by atoms with E-state index in [9.17, 15) is 4.79 Å². The summed E-state index contributed by atoms with van der Waals surface area (Å²) >= 11 is 0. The summed E-state index contributed by atoms with van der Waals surface area (Å²) < 4.78 is 2.28. The first-order chi connectivity index (χ1) is 17.5. The van der Waals surface area contributed by atoms with Crippen molar-refractivity contribution in [2.75, 3.05) is 56.8 Å². The number of carbonyl (C=O) groups excluding carboxylic acids is 1. The van der Waals surface area contributed by atoms with Crippen LogP contribution in [0.1, 0.15) is 24.6 Å². The number of nitrogens with zero attached hydrogens (tertiary/aromatic N) is 4. The normalized spacial score (nSPS) is 15.6. The minimum absolute atomic E-state index is 0.500. The molecular weight excluding hydrogens is 448 g/mol. The van der Waals surface area contributed by atoms with Gasteiger partial charge in [0.2, 0.25) is 6.41 Å². The van der Waals surface area contributed by atoms with Crippen molar-refractivity contribution >= 4 is 29.0 Å². The van der Waals surface area contributed by atoms with Crippen LogP contribution in [0, 0.1) is 0 Å². The Morgan fingerprint density at radius 3 is 2.53 bits per heavy atom. The molecule has 36 heavy (non-hydrogen) atoms. The molecule has 1 atom stereocenters. The van der Waals surface area contributed by atoms with Crippen LogP contribution in [0.3, 0.4) is 0 Å². The Balaban J connectivity index is 0.000000214. The third kappa shape index (κ3) is 5.86. The lowest BCUT2D eigenvalue weighted by Crippen LogP contribution is -2.31. The van der Waals surface area contributed by atoms with E-state index in [4.69, 9.17) is 4.98 Å². The van der Waals surface area contributed by atoms with Gasteiger partial charge in [0.1, 0.15) is 5.82 Å². The fourth-order valence-corrected chi connectivity index (χ4v) is 4.68. The predicted molar refractivity (Wildman–Crippen MR) is 150 cm³/mol. The van der Waals surface area contributed by atoms with E-state index in [0.29, 0.717) is 12.3 Å². The first-order valence-electron chi connectivity index (χ1n) is 12.4. The highest BCUT2D eigenvalue weighted by molar-refractivity contribution is 5.79. The van der Waals surface area contributed by atoms with Gasteiger partial charge in [0.05, 0.1) is 11.2 Å². The van der Waals surface area contributed by atoms with E-state index < -0.39 is 0 Å². The van der Waals surface area contributed by atoms with Crippen LogP contribution in [-0.2, 0) is 4.79 Å². The van der Waals surface area contributed by atoms with E-state index in [1.54, 1.807) is 0 Å². The van der Waals surface area contributed by atoms with Crippen LogP contribution < -0.4 is 15.5 Å². The minimum atomic E-state index is 0.500. The van der Waals surface area contributed by atoms with Crippen LogP contribution in [0.2, 0.25) is 0 Å². The fraction of sp³-hybridized carbons (Fsp3) is 0.310. The zero-order chi connectivity index (χ0) is 25.5. The van der Waals surface area contributed by atoms with Gasteiger partial charge in [-0.2, -0.15) is 0 Å². The van der Waals surface area contributed by atoms with Gasteiger partial charge in [-0.1, -0.05) is 18.2 Å². The molecule has 2 aromatic heterocycles. The van der Waals surface area contributed by atoms with E-state index in [2.05, 4.69) is 75.6 Å². The molecule has 4 aromatic rings. The van der Waals surface area contributed by atoms with Gasteiger partial charge < -0.3 is 24.8 Å². The number of benzene rings is 2. The number of nitrogens with one attached hydrogen (secondary N) is 2. The molecule has 1 unspecified atom stereocenters. The molecule has 1 aliphatic rings. The highest BCUT2D eigenvalue weighted by Gasteiger charge is 2.24. The topological polar surface area (TPSA) is 64.9 Å². The van der Waals surface area contributed by atoms with Gasteiger partial charge in [0.25, 0.3) is 0 Å². The number of pyridine rings is 1. The lowest BCUT2D eigenvalue weighted by molar-refractivity contribution is -0.105. The number of rotatable bonds is 6. The van der Waals surface area contributed by atoms with Gasteiger partial charge in [0.15, 0.2) is 0 Å². The molecule has 5 rings (SSSR count). The Bertz CT molecular complexity index is 1280. The summed E-state index contributed by atoms with van der Waals surface area (Å²) in [5, 5.41) is 5.79. The van der Waals surface area contributed by atoms with Gasteiger partial charge in [-0.25, -0.2) is 4.98 Å². The molecule has 2 N–H and O–H groups in total. The van der Waals surface area contributed by atoms with E-state index in [0.717, 1.165) is 29.3 Å². The second-order valence-corrected chi connectivity index (χ2v) is 9.41. The molecule has 7 heteroatoms. The first-order valence-corrected chi connectivity index (χ1v) is 12.4. The molecule has 0 aliphatic carbocycles. The van der Waals surface area contributed by atoms with Crippen molar-refractivity contribution in [1.29, 1.82) is 0 Å². The average Bonchev–Trinajstić information content (AvgIpc) is 3.29. The largest absolute Gasteiger partial charge is 0.388 e. The summed E-state index contributed by atoms with van der Waals surface area (Å²) in [4.78, 5) is 19.6. The molecule has 0 saturated carbocycles. The molecule has 2 aromatic carbocycles. The number of carbonyl (C=O) groups is 1. The van der Waals surface area contributed by atoms with Gasteiger partial charge in [-0.3, -0.25) is 4.79 Å². The van der Waals surface area contributed by atoms with Crippen LogP contribution in [0.5, 0.6) is 0 Å². The predicted octanol–water partition coefficient (Wildman–Crippen LogP) is 5.17. The summed E-state index contributed by atoms with van der Waals surface area (Å²) in [6.45, 7) is 2.28. The third-order valence-electron chi connectivity index (χ3n) is 6.60. The summed E-state index contributed by atoms with van der Waals surface area (Å²) in [6.07, 6.45) is 5.28. The highest BCUT2D eigenvalue weighted by Crippen LogP contribution is 2.32. The lowest BCUT2D eigenvalue weighted by Gasteiger charge is -2.28. The molecule has 188 valence electrons. The van der Waals surface area contributed by atoms with Crippen molar-refractivity contribution in [1.82, 2.24) is 14.3 Å². The van der Waals surface area contributed by atoms with Crippen LogP contribution in [-0.4, -0.2) is 62.0 Å². The first kappa shape index (κ1) is 25.3. The van der Waals surface area contributed by atoms with Gasteiger partial charge in [0, 0.05) is 62.4 Å². The second kappa shape index (κ2) is 11.7. The number of imidazole rings is 1. The standard InChI is InChI=1S/C20H24N4.C9H12N2O/c1-21-17-9-5-7-15(13-17)19-18-10-3-4-12-24(18)20(22-19)16-8-6-11-23(2)14-16;1-11(2)9-5-3-8(4-6-9)10-7-12/h3-5,7,9-10,12-13,16,21H,6,8,11,14H2,1-2H3;3-7H,1-2H3,(H,10,12). The molecule has 3 heterocycles. The van der Waals surface area contributed by atoms with Crippen LogP contribution in [0.25, 0.3) is 16.8 Å². The molecule has 7 nitrogen and oxygen atoms in total. The molecule has 0 bridgehead atoms. The zero-order valence-electron chi connectivity index (χ0n) is 21.6. The highest BCUT2D eigenvalue weighted by atomic mass is 16.1. The van der Waals surface area contributed by atoms with Gasteiger partial charge >= 0.3 is 0 Å². The van der Waals surface area contributed by atoms with Crippen molar-refractivity contribution in [2.24, 2.45) is 0 Å². The van der Waals surface area contributed by atoms with Crippen LogP contribution in [0.4, 0.5) is 17.1 Å². The van der Waals surface area contributed by atoms with E-state index in [1.807, 2.05) is 50.3 Å². The van der Waals surface area contributed by atoms with Crippen molar-refractivity contribution in [3.05, 3.63) is 78.8 Å².